The fraction of sp³-hybridized carbons (Fsp3) is 0.167. The van der Waals surface area contributed by atoms with Gasteiger partial charge in [-0.3, -0.25) is 4.79 Å². The van der Waals surface area contributed by atoms with Gasteiger partial charge in [-0.2, -0.15) is 4.99 Å². The third-order valence-corrected chi connectivity index (χ3v) is 5.94. The summed E-state index contributed by atoms with van der Waals surface area (Å²) < 4.78 is 19.9. The van der Waals surface area contributed by atoms with Crippen LogP contribution in [0.25, 0.3) is 10.2 Å². The van der Waals surface area contributed by atoms with E-state index in [1.165, 1.54) is 11.3 Å². The van der Waals surface area contributed by atoms with Crippen molar-refractivity contribution in [1.29, 1.82) is 0 Å². The van der Waals surface area contributed by atoms with Gasteiger partial charge in [-0.15, -0.1) is 0 Å². The van der Waals surface area contributed by atoms with E-state index in [0.717, 1.165) is 40.4 Å². The van der Waals surface area contributed by atoms with E-state index >= 15 is 0 Å². The molecule has 2 heterocycles. The lowest BCUT2D eigenvalue weighted by Crippen LogP contribution is -2.16. The van der Waals surface area contributed by atoms with Crippen molar-refractivity contribution >= 4 is 27.5 Å². The summed E-state index contributed by atoms with van der Waals surface area (Å²) in [5, 5.41) is 0. The number of rotatable bonds is 5. The monoisotopic (exact) mass is 432 g/mol. The topological polar surface area (TPSA) is 62.1 Å². The quantitative estimate of drug-likeness (QED) is 0.425. The van der Waals surface area contributed by atoms with Crippen molar-refractivity contribution in [2.24, 2.45) is 4.99 Å². The zero-order chi connectivity index (χ0) is 21.2. The summed E-state index contributed by atoms with van der Waals surface area (Å²) in [4.78, 5) is 17.9. The Morgan fingerprint density at radius 1 is 1.03 bits per heavy atom. The summed E-state index contributed by atoms with van der Waals surface area (Å²) in [5.41, 5.74) is 1.50. The van der Waals surface area contributed by atoms with Gasteiger partial charge in [0.2, 0.25) is 6.79 Å². The van der Waals surface area contributed by atoms with Crippen LogP contribution < -0.4 is 19.0 Å². The van der Waals surface area contributed by atoms with Crippen molar-refractivity contribution in [2.75, 3.05) is 6.79 Å². The maximum atomic E-state index is 12.9. The minimum Gasteiger partial charge on any atom is -0.457 e. The minimum absolute atomic E-state index is 0.236. The van der Waals surface area contributed by atoms with Gasteiger partial charge in [-0.1, -0.05) is 36.5 Å². The molecule has 0 saturated heterocycles. The molecule has 3 aromatic carbocycles. The first kappa shape index (κ1) is 19.4. The highest BCUT2D eigenvalue weighted by Gasteiger charge is 2.18. The second-order valence-electron chi connectivity index (χ2n) is 7.07. The molecule has 0 atom stereocenters. The number of aryl methyl sites for hydroxylation is 1. The lowest BCUT2D eigenvalue weighted by Gasteiger charge is -2.05. The van der Waals surface area contributed by atoms with Gasteiger partial charge >= 0.3 is 0 Å². The van der Waals surface area contributed by atoms with Crippen LogP contribution in [0.15, 0.2) is 71.7 Å². The summed E-state index contributed by atoms with van der Waals surface area (Å²) in [6.45, 7) is 3.09. The van der Waals surface area contributed by atoms with E-state index in [9.17, 15) is 4.79 Å². The molecule has 31 heavy (non-hydrogen) atoms. The summed E-state index contributed by atoms with van der Waals surface area (Å²) in [7, 11) is 0. The summed E-state index contributed by atoms with van der Waals surface area (Å²) in [5.74, 6) is 2.58. The molecular formula is C24H20N2O4S. The Labute approximate surface area is 183 Å². The number of hydrogen-bond donors (Lipinski definition) is 0. The van der Waals surface area contributed by atoms with Gasteiger partial charge < -0.3 is 18.8 Å². The van der Waals surface area contributed by atoms with Gasteiger partial charge in [0, 0.05) is 24.2 Å². The molecule has 156 valence electrons. The standard InChI is InChI=1S/C24H20N2O4S/c1-2-12-26-19-13-20-21(29-15-28-20)14-22(19)31-24(26)25-23(27)16-8-10-18(11-9-16)30-17-6-4-3-5-7-17/h3-11,13-14H,2,12,15H2,1H3. The highest BCUT2D eigenvalue weighted by molar-refractivity contribution is 7.16. The number of ether oxygens (including phenoxy) is 3. The molecule has 0 saturated carbocycles. The second-order valence-corrected chi connectivity index (χ2v) is 8.08. The van der Waals surface area contributed by atoms with E-state index in [-0.39, 0.29) is 12.7 Å². The molecule has 6 nitrogen and oxygen atoms in total. The lowest BCUT2D eigenvalue weighted by atomic mass is 10.2. The first-order chi connectivity index (χ1) is 15.2. The molecule has 0 spiro atoms. The maximum Gasteiger partial charge on any atom is 0.279 e. The number of carbonyl (C=O) groups is 1. The predicted octanol–water partition coefficient (Wildman–Crippen LogP) is 5.37. The largest absolute Gasteiger partial charge is 0.457 e. The fourth-order valence-electron chi connectivity index (χ4n) is 3.43. The van der Waals surface area contributed by atoms with Crippen LogP contribution in [0.5, 0.6) is 23.0 Å². The third kappa shape index (κ3) is 3.92. The third-order valence-electron chi connectivity index (χ3n) is 4.90. The number of hydrogen-bond acceptors (Lipinski definition) is 5. The maximum absolute atomic E-state index is 12.9. The van der Waals surface area contributed by atoms with E-state index in [4.69, 9.17) is 14.2 Å². The Bertz CT molecular complexity index is 1310. The minimum atomic E-state index is -0.289. The molecule has 0 aliphatic carbocycles. The van der Waals surface area contributed by atoms with Crippen LogP contribution in [0.3, 0.4) is 0 Å². The number of thiazole rings is 1. The highest BCUT2D eigenvalue weighted by Crippen LogP contribution is 2.37. The number of amides is 1. The number of para-hydroxylation sites is 1. The Balaban J connectivity index is 1.45. The van der Waals surface area contributed by atoms with Gasteiger partial charge in [0.1, 0.15) is 11.5 Å². The summed E-state index contributed by atoms with van der Waals surface area (Å²) in [6, 6.07) is 20.5. The molecule has 0 bridgehead atoms. The van der Waals surface area contributed by atoms with Crippen molar-refractivity contribution in [3.63, 3.8) is 0 Å². The van der Waals surface area contributed by atoms with Crippen LogP contribution in [-0.4, -0.2) is 17.3 Å². The normalized spacial score (nSPS) is 13.0. The number of fused-ring (bicyclic) bond motifs is 2. The molecule has 0 radical (unpaired) electrons. The lowest BCUT2D eigenvalue weighted by molar-refractivity contribution is 0.0998. The molecule has 1 aliphatic heterocycles. The van der Waals surface area contributed by atoms with Crippen LogP contribution in [0.1, 0.15) is 23.7 Å². The SMILES string of the molecule is CCCn1c(=NC(=O)c2ccc(Oc3ccccc3)cc2)sc2cc3c(cc21)OCO3. The molecule has 4 aromatic rings. The van der Waals surface area contributed by atoms with E-state index in [0.29, 0.717) is 16.1 Å². The molecule has 1 aliphatic rings. The molecule has 0 N–H and O–H groups in total. The zero-order valence-corrected chi connectivity index (χ0v) is 17.7. The van der Waals surface area contributed by atoms with E-state index < -0.39 is 0 Å². The van der Waals surface area contributed by atoms with Crippen LogP contribution in [0.4, 0.5) is 0 Å². The molecule has 7 heteroatoms. The average Bonchev–Trinajstić information content (AvgIpc) is 3.37. The summed E-state index contributed by atoms with van der Waals surface area (Å²) >= 11 is 1.47. The van der Waals surface area contributed by atoms with Crippen molar-refractivity contribution in [3.8, 4) is 23.0 Å². The van der Waals surface area contributed by atoms with Crippen LogP contribution in [-0.2, 0) is 6.54 Å². The predicted molar refractivity (Wildman–Crippen MR) is 119 cm³/mol. The van der Waals surface area contributed by atoms with Crippen molar-refractivity contribution in [3.05, 3.63) is 77.1 Å². The van der Waals surface area contributed by atoms with Gasteiger partial charge in [0.05, 0.1) is 10.2 Å². The first-order valence-corrected chi connectivity index (χ1v) is 10.9. The molecule has 5 rings (SSSR count). The molecule has 1 amide bonds. The summed E-state index contributed by atoms with van der Waals surface area (Å²) in [6.07, 6.45) is 0.924. The zero-order valence-electron chi connectivity index (χ0n) is 16.9. The van der Waals surface area contributed by atoms with Crippen LogP contribution in [0, 0.1) is 0 Å². The molecule has 0 fully saturated rings. The van der Waals surface area contributed by atoms with Crippen LogP contribution >= 0.6 is 11.3 Å². The van der Waals surface area contributed by atoms with Crippen molar-refractivity contribution in [2.45, 2.75) is 19.9 Å². The smallest absolute Gasteiger partial charge is 0.279 e. The number of carbonyl (C=O) groups excluding carboxylic acids is 1. The highest BCUT2D eigenvalue weighted by atomic mass is 32.1. The Morgan fingerprint density at radius 2 is 1.74 bits per heavy atom. The fourth-order valence-corrected chi connectivity index (χ4v) is 4.49. The van der Waals surface area contributed by atoms with E-state index in [2.05, 4.69) is 16.5 Å². The average molecular weight is 433 g/mol. The second kappa shape index (κ2) is 8.28. The Kier molecular flexibility index (Phi) is 5.18. The molecular weight excluding hydrogens is 412 g/mol. The van der Waals surface area contributed by atoms with Crippen molar-refractivity contribution < 1.29 is 19.0 Å². The van der Waals surface area contributed by atoms with Gasteiger partial charge in [-0.05, 0) is 42.8 Å². The number of benzene rings is 3. The van der Waals surface area contributed by atoms with Crippen molar-refractivity contribution in [1.82, 2.24) is 4.57 Å². The van der Waals surface area contributed by atoms with Crippen LogP contribution in [0.2, 0.25) is 0 Å². The van der Waals surface area contributed by atoms with Gasteiger partial charge in [0.25, 0.3) is 5.91 Å². The van der Waals surface area contributed by atoms with E-state index in [1.807, 2.05) is 42.5 Å². The van der Waals surface area contributed by atoms with Gasteiger partial charge in [-0.25, -0.2) is 0 Å². The number of nitrogens with zero attached hydrogens (tertiary/aromatic N) is 2. The van der Waals surface area contributed by atoms with Gasteiger partial charge in [0.15, 0.2) is 16.3 Å². The first-order valence-electron chi connectivity index (χ1n) is 10.1. The molecule has 0 unspecified atom stereocenters. The Hall–Kier alpha value is -3.58. The molecule has 1 aromatic heterocycles. The number of aromatic nitrogens is 1. The van der Waals surface area contributed by atoms with E-state index in [1.54, 1.807) is 24.3 Å². The Morgan fingerprint density at radius 3 is 2.48 bits per heavy atom.